The van der Waals surface area contributed by atoms with Gasteiger partial charge < -0.3 is 15.1 Å². The van der Waals surface area contributed by atoms with Crippen LogP contribution in [0.2, 0.25) is 0 Å². The predicted molar refractivity (Wildman–Crippen MR) is 132 cm³/mol. The lowest BCUT2D eigenvalue weighted by Crippen LogP contribution is -2.54. The maximum absolute atomic E-state index is 13.6. The first kappa shape index (κ1) is 22.8. The van der Waals surface area contributed by atoms with Gasteiger partial charge in [-0.3, -0.25) is 14.4 Å². The molecule has 35 heavy (non-hydrogen) atoms. The molecular weight excluding hydrogens is 442 g/mol. The van der Waals surface area contributed by atoms with E-state index in [1.54, 1.807) is 15.8 Å². The van der Waals surface area contributed by atoms with Crippen molar-refractivity contribution in [3.63, 3.8) is 0 Å². The Hall–Kier alpha value is -3.94. The number of hydrogen-bond acceptors (Lipinski definition) is 4. The van der Waals surface area contributed by atoms with Crippen molar-refractivity contribution in [1.29, 1.82) is 0 Å². The van der Waals surface area contributed by atoms with E-state index in [1.165, 1.54) is 10.5 Å². The van der Waals surface area contributed by atoms with Crippen LogP contribution in [0.25, 0.3) is 16.9 Å². The Labute approximate surface area is 204 Å². The van der Waals surface area contributed by atoms with E-state index in [4.69, 9.17) is 5.10 Å². The molecule has 1 aliphatic carbocycles. The summed E-state index contributed by atoms with van der Waals surface area (Å²) < 4.78 is 1.74. The highest BCUT2D eigenvalue weighted by atomic mass is 16.2. The highest BCUT2D eigenvalue weighted by Gasteiger charge is 2.32. The number of para-hydroxylation sites is 1. The number of rotatable bonds is 4. The molecule has 0 spiro atoms. The Balaban J connectivity index is 1.38. The van der Waals surface area contributed by atoms with Gasteiger partial charge in [0.05, 0.1) is 11.3 Å². The van der Waals surface area contributed by atoms with Crippen LogP contribution in [0.1, 0.15) is 34.3 Å². The number of aromatic nitrogens is 2. The van der Waals surface area contributed by atoms with Gasteiger partial charge in [-0.15, -0.1) is 0 Å². The molecule has 2 heterocycles. The average molecular weight is 472 g/mol. The molecule has 0 atom stereocenters. The third-order valence-corrected chi connectivity index (χ3v) is 6.71. The molecule has 2 aromatic carbocycles. The maximum atomic E-state index is 13.6. The van der Waals surface area contributed by atoms with Crippen molar-refractivity contribution in [3.05, 3.63) is 71.4 Å². The van der Waals surface area contributed by atoms with E-state index in [0.717, 1.165) is 29.7 Å². The number of nitrogens with one attached hydrogen (secondary N) is 1. The number of carbonyl (C=O) groups is 3. The van der Waals surface area contributed by atoms with Gasteiger partial charge >= 0.3 is 11.8 Å². The maximum Gasteiger partial charge on any atom is 0.312 e. The predicted octanol–water partition coefficient (Wildman–Crippen LogP) is 2.72. The third kappa shape index (κ3) is 4.82. The molecule has 1 saturated carbocycles. The number of nitrogens with zero attached hydrogens (tertiary/aromatic N) is 4. The van der Waals surface area contributed by atoms with Gasteiger partial charge in [-0.2, -0.15) is 5.10 Å². The van der Waals surface area contributed by atoms with E-state index < -0.39 is 11.8 Å². The fraction of sp³-hybridized carbons (Fsp3) is 0.333. The van der Waals surface area contributed by atoms with Crippen molar-refractivity contribution in [3.8, 4) is 16.9 Å². The first-order valence-corrected chi connectivity index (χ1v) is 12.0. The van der Waals surface area contributed by atoms with Gasteiger partial charge in [-0.1, -0.05) is 30.3 Å². The minimum atomic E-state index is -0.548. The summed E-state index contributed by atoms with van der Waals surface area (Å²) in [5.41, 5.74) is 5.21. The summed E-state index contributed by atoms with van der Waals surface area (Å²) in [6.45, 7) is 5.49. The molecule has 1 N–H and O–H groups in total. The number of hydrogen-bond donors (Lipinski definition) is 1. The Morgan fingerprint density at radius 2 is 1.57 bits per heavy atom. The summed E-state index contributed by atoms with van der Waals surface area (Å²) in [7, 11) is 0. The molecule has 0 radical (unpaired) electrons. The van der Waals surface area contributed by atoms with Crippen LogP contribution in [0.5, 0.6) is 0 Å². The zero-order chi connectivity index (χ0) is 24.5. The molecule has 5 rings (SSSR count). The van der Waals surface area contributed by atoms with Gasteiger partial charge in [0.25, 0.3) is 5.91 Å². The second-order valence-corrected chi connectivity index (χ2v) is 9.30. The van der Waals surface area contributed by atoms with Crippen LogP contribution in [-0.4, -0.2) is 69.5 Å². The highest BCUT2D eigenvalue weighted by molar-refractivity contribution is 6.35. The number of piperazine rings is 1. The quantitative estimate of drug-likeness (QED) is 0.593. The first-order valence-electron chi connectivity index (χ1n) is 12.0. The topological polar surface area (TPSA) is 87.5 Å². The number of carbonyl (C=O) groups excluding carboxylic acids is 3. The Kier molecular flexibility index (Phi) is 6.11. The molecule has 1 aromatic heterocycles. The normalized spacial score (nSPS) is 15.7. The minimum Gasteiger partial charge on any atom is -0.345 e. The van der Waals surface area contributed by atoms with Crippen molar-refractivity contribution in [1.82, 2.24) is 24.9 Å². The van der Waals surface area contributed by atoms with Crippen molar-refractivity contribution < 1.29 is 14.4 Å². The SMILES string of the molecule is Cc1ccc(-c2nn(-c3ccccc3)cc2C(=O)N2CCN(C(=O)C(=O)NC3CC3)CC2)cc1C. The van der Waals surface area contributed by atoms with Crippen LogP contribution in [0, 0.1) is 13.8 Å². The molecule has 3 aromatic rings. The Morgan fingerprint density at radius 3 is 2.23 bits per heavy atom. The number of benzene rings is 2. The Bertz CT molecular complexity index is 1270. The summed E-state index contributed by atoms with van der Waals surface area (Å²) in [5.74, 6) is -1.19. The molecule has 0 bridgehead atoms. The summed E-state index contributed by atoms with van der Waals surface area (Å²) in [5, 5.41) is 7.53. The smallest absolute Gasteiger partial charge is 0.312 e. The van der Waals surface area contributed by atoms with E-state index in [0.29, 0.717) is 37.4 Å². The van der Waals surface area contributed by atoms with E-state index in [1.807, 2.05) is 49.4 Å². The van der Waals surface area contributed by atoms with Crippen LogP contribution in [-0.2, 0) is 9.59 Å². The lowest BCUT2D eigenvalue weighted by molar-refractivity contribution is -0.146. The van der Waals surface area contributed by atoms with Gasteiger partial charge in [-0.05, 0) is 56.0 Å². The molecule has 1 aliphatic heterocycles. The van der Waals surface area contributed by atoms with Crippen LogP contribution >= 0.6 is 0 Å². The standard InChI is InChI=1S/C27H29N5O3/c1-18-8-9-20(16-19(18)2)24-23(17-32(29-24)22-6-4-3-5-7-22)26(34)30-12-14-31(15-13-30)27(35)25(33)28-21-10-11-21/h3-9,16-17,21H,10-15H2,1-2H3,(H,28,33). The summed E-state index contributed by atoms with van der Waals surface area (Å²) in [4.78, 5) is 41.5. The van der Waals surface area contributed by atoms with Gasteiger partial charge in [0.15, 0.2) is 0 Å². The van der Waals surface area contributed by atoms with Gasteiger partial charge in [-0.25, -0.2) is 4.68 Å². The van der Waals surface area contributed by atoms with Crippen LogP contribution in [0.3, 0.4) is 0 Å². The van der Waals surface area contributed by atoms with Gasteiger partial charge in [0, 0.05) is 44.0 Å². The Morgan fingerprint density at radius 1 is 0.886 bits per heavy atom. The molecule has 180 valence electrons. The first-order chi connectivity index (χ1) is 16.9. The van der Waals surface area contributed by atoms with E-state index in [9.17, 15) is 14.4 Å². The van der Waals surface area contributed by atoms with Crippen LogP contribution in [0.15, 0.2) is 54.7 Å². The molecule has 0 unspecified atom stereocenters. The zero-order valence-electron chi connectivity index (χ0n) is 20.0. The van der Waals surface area contributed by atoms with E-state index >= 15 is 0 Å². The van der Waals surface area contributed by atoms with Crippen molar-refractivity contribution >= 4 is 17.7 Å². The molecular formula is C27H29N5O3. The molecule has 2 aliphatic rings. The largest absolute Gasteiger partial charge is 0.345 e. The summed E-state index contributed by atoms with van der Waals surface area (Å²) >= 11 is 0. The number of amides is 3. The van der Waals surface area contributed by atoms with Crippen LogP contribution in [0.4, 0.5) is 0 Å². The second kappa shape index (κ2) is 9.37. The summed E-state index contributed by atoms with van der Waals surface area (Å²) in [6, 6.07) is 15.9. The third-order valence-electron chi connectivity index (χ3n) is 6.71. The minimum absolute atomic E-state index is 0.130. The average Bonchev–Trinajstić information content (AvgIpc) is 3.59. The van der Waals surface area contributed by atoms with E-state index in [2.05, 4.69) is 18.3 Å². The zero-order valence-corrected chi connectivity index (χ0v) is 20.0. The van der Waals surface area contributed by atoms with Gasteiger partial charge in [0.1, 0.15) is 5.69 Å². The van der Waals surface area contributed by atoms with Gasteiger partial charge in [0.2, 0.25) is 0 Å². The van der Waals surface area contributed by atoms with Crippen LogP contribution < -0.4 is 5.32 Å². The second-order valence-electron chi connectivity index (χ2n) is 9.30. The van der Waals surface area contributed by atoms with Crippen molar-refractivity contribution in [2.24, 2.45) is 0 Å². The highest BCUT2D eigenvalue weighted by Crippen LogP contribution is 2.27. The fourth-order valence-electron chi connectivity index (χ4n) is 4.25. The molecule has 2 fully saturated rings. The molecule has 1 saturated heterocycles. The fourth-order valence-corrected chi connectivity index (χ4v) is 4.25. The number of aryl methyl sites for hydroxylation is 2. The lowest BCUT2D eigenvalue weighted by Gasteiger charge is -2.34. The molecule has 3 amide bonds. The molecule has 8 heteroatoms. The summed E-state index contributed by atoms with van der Waals surface area (Å²) in [6.07, 6.45) is 3.64. The monoisotopic (exact) mass is 471 g/mol. The van der Waals surface area contributed by atoms with E-state index in [-0.39, 0.29) is 11.9 Å². The molecule has 8 nitrogen and oxygen atoms in total. The lowest BCUT2D eigenvalue weighted by atomic mass is 10.0. The van der Waals surface area contributed by atoms with Crippen molar-refractivity contribution in [2.75, 3.05) is 26.2 Å². The van der Waals surface area contributed by atoms with Crippen molar-refractivity contribution in [2.45, 2.75) is 32.7 Å².